The highest BCUT2D eigenvalue weighted by atomic mass is 19.4. The van der Waals surface area contributed by atoms with Gasteiger partial charge in [-0.15, -0.1) is 0 Å². The number of aromatic nitrogens is 3. The van der Waals surface area contributed by atoms with Crippen LogP contribution >= 0.6 is 0 Å². The van der Waals surface area contributed by atoms with Gasteiger partial charge in [0.25, 0.3) is 5.91 Å². The van der Waals surface area contributed by atoms with E-state index in [2.05, 4.69) is 15.4 Å². The van der Waals surface area contributed by atoms with E-state index in [0.29, 0.717) is 29.9 Å². The molecule has 0 saturated heterocycles. The van der Waals surface area contributed by atoms with Gasteiger partial charge in [0.05, 0.1) is 28.7 Å². The highest BCUT2D eigenvalue weighted by Crippen LogP contribution is 2.42. The van der Waals surface area contributed by atoms with E-state index in [-0.39, 0.29) is 11.8 Å². The Labute approximate surface area is 165 Å². The Balaban J connectivity index is 1.55. The molecule has 1 amide bonds. The van der Waals surface area contributed by atoms with Crippen molar-refractivity contribution < 1.29 is 18.0 Å². The Hall–Kier alpha value is -3.16. The SMILES string of the molecule is O=C(NCCc1ccccn1)c1cnn(-c2cccc(C(F)(F)F)c2)c1C1CC1. The van der Waals surface area contributed by atoms with Gasteiger partial charge in [0.1, 0.15) is 0 Å². The Morgan fingerprint density at radius 2 is 2.00 bits per heavy atom. The molecule has 4 rings (SSSR count). The number of benzene rings is 1. The van der Waals surface area contributed by atoms with E-state index < -0.39 is 11.7 Å². The highest BCUT2D eigenvalue weighted by molar-refractivity contribution is 5.95. The van der Waals surface area contributed by atoms with E-state index >= 15 is 0 Å². The van der Waals surface area contributed by atoms with Gasteiger partial charge in [0.2, 0.25) is 0 Å². The molecule has 1 N–H and O–H groups in total. The van der Waals surface area contributed by atoms with Crippen LogP contribution in [0.25, 0.3) is 5.69 Å². The van der Waals surface area contributed by atoms with Gasteiger partial charge in [-0.05, 0) is 43.2 Å². The fourth-order valence-electron chi connectivity index (χ4n) is 3.25. The number of pyridine rings is 1. The lowest BCUT2D eigenvalue weighted by Gasteiger charge is -2.12. The number of halogens is 3. The van der Waals surface area contributed by atoms with Crippen LogP contribution in [-0.2, 0) is 12.6 Å². The molecule has 0 bridgehead atoms. The third-order valence-corrected chi connectivity index (χ3v) is 4.83. The van der Waals surface area contributed by atoms with Crippen LogP contribution in [0.1, 0.15) is 46.1 Å². The summed E-state index contributed by atoms with van der Waals surface area (Å²) in [6.07, 6.45) is 1.06. The molecule has 0 radical (unpaired) electrons. The predicted octanol–water partition coefficient (Wildman–Crippen LogP) is 4.14. The van der Waals surface area contributed by atoms with Crippen molar-refractivity contribution in [2.24, 2.45) is 0 Å². The number of alkyl halides is 3. The number of rotatable bonds is 6. The molecular formula is C21H19F3N4O. The molecule has 2 aromatic heterocycles. The van der Waals surface area contributed by atoms with Gasteiger partial charge in [-0.25, -0.2) is 4.68 Å². The molecule has 1 saturated carbocycles. The standard InChI is InChI=1S/C21H19F3N4O/c22-21(23,24)15-4-3-6-17(12-15)28-19(14-7-8-14)18(13-27-28)20(29)26-11-9-16-5-1-2-10-25-16/h1-6,10,12-14H,7-9,11H2,(H,26,29). The molecule has 150 valence electrons. The van der Waals surface area contributed by atoms with Crippen molar-refractivity contribution in [3.05, 3.63) is 77.4 Å². The van der Waals surface area contributed by atoms with Crippen molar-refractivity contribution in [3.63, 3.8) is 0 Å². The second kappa shape index (κ2) is 7.69. The molecule has 1 aliphatic carbocycles. The monoisotopic (exact) mass is 400 g/mol. The summed E-state index contributed by atoms with van der Waals surface area (Å²) in [6, 6.07) is 10.6. The van der Waals surface area contributed by atoms with Gasteiger partial charge in [-0.1, -0.05) is 12.1 Å². The first-order chi connectivity index (χ1) is 13.9. The van der Waals surface area contributed by atoms with Crippen LogP contribution in [0, 0.1) is 0 Å². The van der Waals surface area contributed by atoms with Crippen LogP contribution in [0.3, 0.4) is 0 Å². The first-order valence-electron chi connectivity index (χ1n) is 9.37. The second-order valence-corrected chi connectivity index (χ2v) is 7.00. The Kier molecular flexibility index (Phi) is 5.08. The molecule has 29 heavy (non-hydrogen) atoms. The zero-order chi connectivity index (χ0) is 20.4. The third kappa shape index (κ3) is 4.31. The zero-order valence-electron chi connectivity index (χ0n) is 15.5. The highest BCUT2D eigenvalue weighted by Gasteiger charge is 2.34. The first kappa shape index (κ1) is 19.2. The van der Waals surface area contributed by atoms with Crippen molar-refractivity contribution in [2.75, 3.05) is 6.54 Å². The van der Waals surface area contributed by atoms with Gasteiger partial charge in [0, 0.05) is 30.8 Å². The zero-order valence-corrected chi connectivity index (χ0v) is 15.5. The van der Waals surface area contributed by atoms with Crippen LogP contribution in [0.4, 0.5) is 13.2 Å². The van der Waals surface area contributed by atoms with Gasteiger partial charge in [-0.2, -0.15) is 18.3 Å². The molecule has 2 heterocycles. The maximum absolute atomic E-state index is 13.1. The largest absolute Gasteiger partial charge is 0.416 e. The van der Waals surface area contributed by atoms with Crippen LogP contribution in [0.2, 0.25) is 0 Å². The van der Waals surface area contributed by atoms with Gasteiger partial charge >= 0.3 is 6.18 Å². The molecule has 5 nitrogen and oxygen atoms in total. The fraction of sp³-hybridized carbons (Fsp3) is 0.286. The van der Waals surface area contributed by atoms with E-state index in [1.807, 2.05) is 18.2 Å². The normalized spacial score (nSPS) is 14.0. The third-order valence-electron chi connectivity index (χ3n) is 4.83. The minimum absolute atomic E-state index is 0.128. The summed E-state index contributed by atoms with van der Waals surface area (Å²) >= 11 is 0. The van der Waals surface area contributed by atoms with Crippen molar-refractivity contribution in [1.82, 2.24) is 20.1 Å². The summed E-state index contributed by atoms with van der Waals surface area (Å²) in [5, 5.41) is 7.09. The molecule has 1 fully saturated rings. The molecule has 1 aliphatic rings. The number of hydrogen-bond donors (Lipinski definition) is 1. The Morgan fingerprint density at radius 1 is 1.17 bits per heavy atom. The Morgan fingerprint density at radius 3 is 2.69 bits per heavy atom. The lowest BCUT2D eigenvalue weighted by Crippen LogP contribution is -2.26. The average molecular weight is 400 g/mol. The van der Waals surface area contributed by atoms with Crippen molar-refractivity contribution >= 4 is 5.91 Å². The molecular weight excluding hydrogens is 381 g/mol. The molecule has 0 unspecified atom stereocenters. The molecule has 3 aromatic rings. The van der Waals surface area contributed by atoms with Crippen LogP contribution in [-0.4, -0.2) is 27.2 Å². The summed E-state index contributed by atoms with van der Waals surface area (Å²) in [7, 11) is 0. The minimum atomic E-state index is -4.44. The average Bonchev–Trinajstić information content (AvgIpc) is 3.46. The van der Waals surface area contributed by atoms with E-state index in [0.717, 1.165) is 30.7 Å². The summed E-state index contributed by atoms with van der Waals surface area (Å²) in [4.78, 5) is 16.9. The molecule has 8 heteroatoms. The number of hydrogen-bond acceptors (Lipinski definition) is 3. The topological polar surface area (TPSA) is 59.8 Å². The van der Waals surface area contributed by atoms with Gasteiger partial charge in [-0.3, -0.25) is 9.78 Å². The number of amides is 1. The van der Waals surface area contributed by atoms with E-state index in [1.54, 1.807) is 12.3 Å². The molecule has 0 spiro atoms. The number of nitrogens with one attached hydrogen (secondary N) is 1. The molecule has 0 atom stereocenters. The molecule has 0 aliphatic heterocycles. The summed E-state index contributed by atoms with van der Waals surface area (Å²) in [6.45, 7) is 0.411. The smallest absolute Gasteiger partial charge is 0.352 e. The summed E-state index contributed by atoms with van der Waals surface area (Å²) in [5.41, 5.74) is 1.50. The lowest BCUT2D eigenvalue weighted by atomic mass is 10.1. The number of carbonyl (C=O) groups is 1. The minimum Gasteiger partial charge on any atom is -0.352 e. The van der Waals surface area contributed by atoms with Gasteiger partial charge < -0.3 is 5.32 Å². The van der Waals surface area contributed by atoms with Crippen molar-refractivity contribution in [1.29, 1.82) is 0 Å². The van der Waals surface area contributed by atoms with E-state index in [9.17, 15) is 18.0 Å². The van der Waals surface area contributed by atoms with Crippen LogP contribution in [0.15, 0.2) is 54.9 Å². The van der Waals surface area contributed by atoms with Crippen molar-refractivity contribution in [3.8, 4) is 5.69 Å². The van der Waals surface area contributed by atoms with Gasteiger partial charge in [0.15, 0.2) is 0 Å². The maximum Gasteiger partial charge on any atom is 0.416 e. The second-order valence-electron chi connectivity index (χ2n) is 7.00. The Bertz CT molecular complexity index is 1010. The van der Waals surface area contributed by atoms with E-state index in [1.165, 1.54) is 16.9 Å². The molecule has 1 aromatic carbocycles. The summed E-state index contributed by atoms with van der Waals surface area (Å²) < 4.78 is 40.7. The van der Waals surface area contributed by atoms with Crippen LogP contribution in [0.5, 0.6) is 0 Å². The number of nitrogens with zero attached hydrogens (tertiary/aromatic N) is 3. The fourth-order valence-corrected chi connectivity index (χ4v) is 3.25. The predicted molar refractivity (Wildman–Crippen MR) is 101 cm³/mol. The van der Waals surface area contributed by atoms with Crippen molar-refractivity contribution in [2.45, 2.75) is 31.4 Å². The summed E-state index contributed by atoms with van der Waals surface area (Å²) in [5.74, 6) is -0.148. The number of carbonyl (C=O) groups excluding carboxylic acids is 1. The first-order valence-corrected chi connectivity index (χ1v) is 9.37. The lowest BCUT2D eigenvalue weighted by molar-refractivity contribution is -0.137. The van der Waals surface area contributed by atoms with E-state index in [4.69, 9.17) is 0 Å². The maximum atomic E-state index is 13.1. The van der Waals surface area contributed by atoms with Crippen LogP contribution < -0.4 is 5.32 Å². The quantitative estimate of drug-likeness (QED) is 0.677.